The minimum Gasteiger partial charge on any atom is -0.469 e. The lowest BCUT2D eigenvalue weighted by Crippen LogP contribution is -2.55. The van der Waals surface area contributed by atoms with Crippen LogP contribution in [0.1, 0.15) is 52.4 Å². The van der Waals surface area contributed by atoms with Crippen LogP contribution in [0.15, 0.2) is 57.5 Å². The van der Waals surface area contributed by atoms with Gasteiger partial charge in [0.2, 0.25) is 0 Å². The molecule has 0 saturated carbocycles. The average Bonchev–Trinajstić information content (AvgIpc) is 1.15. The monoisotopic (exact) mass is 1290 g/mol. The summed E-state index contributed by atoms with van der Waals surface area (Å²) in [5.74, 6) is -5.12. The number of carbonyl (C=O) groups is 6. The summed E-state index contributed by atoms with van der Waals surface area (Å²) in [5.41, 5.74) is -14.5. The van der Waals surface area contributed by atoms with E-state index >= 15 is 0 Å². The number of esters is 6. The van der Waals surface area contributed by atoms with Crippen LogP contribution in [-0.4, -0.2) is 189 Å². The molecule has 0 aromatic carbocycles. The van der Waals surface area contributed by atoms with Crippen molar-refractivity contribution in [3.8, 4) is 0 Å². The highest BCUT2D eigenvalue weighted by Gasteiger charge is 2.25. The summed E-state index contributed by atoms with van der Waals surface area (Å²) >= 11 is 0. The summed E-state index contributed by atoms with van der Waals surface area (Å²) in [4.78, 5) is 225. The van der Waals surface area contributed by atoms with Crippen molar-refractivity contribution >= 4 is 35.8 Å². The maximum atomic E-state index is 13.1. The smallest absolute Gasteiger partial charge is 0.336 e. The summed E-state index contributed by atoms with van der Waals surface area (Å²) < 4.78 is 35.4. The van der Waals surface area contributed by atoms with E-state index in [4.69, 9.17) is 24.4 Å². The van der Waals surface area contributed by atoms with Crippen LogP contribution in [0.5, 0.6) is 0 Å². The molecule has 4 aromatic heterocycles. The van der Waals surface area contributed by atoms with Crippen LogP contribution in [-0.2, 0) is 136 Å². The van der Waals surface area contributed by atoms with Crippen molar-refractivity contribution in [2.75, 3.05) is 67.6 Å². The Kier molecular flexibility index (Phi) is 29.2. The first-order chi connectivity index (χ1) is 42.6. The molecule has 0 amide bonds. The van der Waals surface area contributed by atoms with Crippen LogP contribution in [0.4, 0.5) is 0 Å². The van der Waals surface area contributed by atoms with Crippen molar-refractivity contribution < 1.29 is 82.7 Å². The fourth-order valence-electron chi connectivity index (χ4n) is 7.99. The number of aromatic nitrogens is 12. The van der Waals surface area contributed by atoms with Gasteiger partial charge in [-0.1, -0.05) is 0 Å². The molecular weight excluding hydrogens is 1220 g/mol. The SMILES string of the molecule is COC(=O)CCn1c(=O)n(CCC(=O)OC)c(=O)n(CCC(=O)OCCn2c(=O)n(CCO)c(=O)n(CCO)c2=O)c1=O.COC(=O)CCn1c(=O)n(CCC(=O)OCCn2c(=O)n(CCO)c(=O)n(CCO)c2=O)c(=O)n(CCC(=O)OC(C)(C)CO)c1=O. The third-order valence-corrected chi connectivity index (χ3v) is 12.7. The van der Waals surface area contributed by atoms with Gasteiger partial charge in [-0.2, -0.15) is 0 Å². The predicted molar refractivity (Wildman–Crippen MR) is 298 cm³/mol. The molecule has 4 heterocycles. The molecule has 0 aliphatic carbocycles. The van der Waals surface area contributed by atoms with Crippen LogP contribution in [0.2, 0.25) is 0 Å². The molecule has 0 aliphatic rings. The number of rotatable bonds is 34. The molecule has 0 saturated heterocycles. The van der Waals surface area contributed by atoms with Gasteiger partial charge >= 0.3 is 104 Å². The van der Waals surface area contributed by atoms with E-state index in [-0.39, 0.29) is 0 Å². The first kappa shape index (κ1) is 74.5. The molecular formula is C49H70N12O29. The third kappa shape index (κ3) is 19.6. The van der Waals surface area contributed by atoms with E-state index in [1.54, 1.807) is 0 Å². The number of methoxy groups -OCH3 is 3. The highest BCUT2D eigenvalue weighted by molar-refractivity contribution is 5.71. The summed E-state index contributed by atoms with van der Waals surface area (Å²) in [6.07, 6.45) is -2.94. The first-order valence-corrected chi connectivity index (χ1v) is 27.1. The van der Waals surface area contributed by atoms with Crippen molar-refractivity contribution in [3.63, 3.8) is 0 Å². The maximum absolute atomic E-state index is 13.1. The van der Waals surface area contributed by atoms with Gasteiger partial charge in [0.15, 0.2) is 0 Å². The van der Waals surface area contributed by atoms with Crippen LogP contribution in [0.3, 0.4) is 0 Å². The van der Waals surface area contributed by atoms with Crippen LogP contribution in [0.25, 0.3) is 0 Å². The van der Waals surface area contributed by atoms with E-state index < -0.39 is 273 Å². The quantitative estimate of drug-likeness (QED) is 0.0214. The summed E-state index contributed by atoms with van der Waals surface area (Å²) in [6, 6.07) is 0. The number of nitrogens with zero attached hydrogens (tertiary/aromatic N) is 12. The number of aliphatic hydroxyl groups is 5. The van der Waals surface area contributed by atoms with E-state index in [1.807, 2.05) is 0 Å². The number of carbonyl (C=O) groups excluding carboxylic acids is 6. The van der Waals surface area contributed by atoms with Gasteiger partial charge in [-0.25, -0.2) is 112 Å². The summed E-state index contributed by atoms with van der Waals surface area (Å²) in [6.45, 7) is -7.18. The van der Waals surface area contributed by atoms with Crippen molar-refractivity contribution in [2.45, 2.75) is 137 Å². The Labute approximate surface area is 502 Å². The Morgan fingerprint density at radius 1 is 0.289 bits per heavy atom. The lowest BCUT2D eigenvalue weighted by atomic mass is 10.1. The minimum atomic E-state index is -1.24. The molecule has 4 aromatic rings. The highest BCUT2D eigenvalue weighted by Crippen LogP contribution is 2.09. The van der Waals surface area contributed by atoms with Crippen molar-refractivity contribution in [2.24, 2.45) is 0 Å². The maximum Gasteiger partial charge on any atom is 0.336 e. The molecule has 0 aliphatic heterocycles. The van der Waals surface area contributed by atoms with Crippen LogP contribution < -0.4 is 68.3 Å². The van der Waals surface area contributed by atoms with Crippen LogP contribution >= 0.6 is 0 Å². The Morgan fingerprint density at radius 2 is 0.467 bits per heavy atom. The van der Waals surface area contributed by atoms with Crippen molar-refractivity contribution in [3.05, 3.63) is 126 Å². The molecule has 0 bridgehead atoms. The van der Waals surface area contributed by atoms with Gasteiger partial charge < -0.3 is 54.0 Å². The van der Waals surface area contributed by atoms with Gasteiger partial charge in [-0.15, -0.1) is 0 Å². The molecule has 0 unspecified atom stereocenters. The zero-order valence-electron chi connectivity index (χ0n) is 49.6. The Balaban J connectivity index is 0.000000472. The van der Waals surface area contributed by atoms with Gasteiger partial charge in [0, 0.05) is 39.3 Å². The number of hydrogen-bond donors (Lipinski definition) is 5. The molecule has 90 heavy (non-hydrogen) atoms. The Hall–Kier alpha value is -9.74. The number of hydrogen-bond acceptors (Lipinski definition) is 29. The average molecular weight is 1290 g/mol. The van der Waals surface area contributed by atoms with Crippen molar-refractivity contribution in [1.29, 1.82) is 0 Å². The normalized spacial score (nSPS) is 11.1. The predicted octanol–water partition coefficient (Wildman–Crippen LogP) is -11.1. The Morgan fingerprint density at radius 3 is 0.656 bits per heavy atom. The molecule has 0 spiro atoms. The molecule has 5 N–H and O–H groups in total. The minimum absolute atomic E-state index is 0.395. The molecule has 4 rings (SSSR count). The van der Waals surface area contributed by atoms with Gasteiger partial charge in [-0.3, -0.25) is 28.8 Å². The lowest BCUT2D eigenvalue weighted by molar-refractivity contribution is -0.160. The second kappa shape index (κ2) is 35.3. The van der Waals surface area contributed by atoms with E-state index in [0.717, 1.165) is 21.3 Å². The fourth-order valence-corrected chi connectivity index (χ4v) is 7.99. The molecule has 41 heteroatoms. The molecule has 0 radical (unpaired) electrons. The second-order valence-electron chi connectivity index (χ2n) is 19.2. The molecule has 500 valence electrons. The first-order valence-electron chi connectivity index (χ1n) is 27.1. The van der Waals surface area contributed by atoms with Crippen LogP contribution in [0, 0.1) is 0 Å². The summed E-state index contributed by atoms with van der Waals surface area (Å²) in [7, 11) is 3.28. The zero-order chi connectivity index (χ0) is 67.7. The standard InChI is InChI=1S/C26H38N6O15.C23H32N6O14/c1-26(2,16-35)47-19(38)6-9-29-21(40)27(7-4-17(36)45-3)20(39)28(22(29)41)8-5-18(37)46-15-12-32-24(43)30(10-13-33)23(42)31(11-14-34)25(32)44;1-41-15(32)3-6-24-18(35)25(7-4-16(33)42-2)20(37)26(19(24)36)8-5-17(34)43-14-11-29-22(39)27(9-12-30)21(38)28(10-13-31)23(29)40/h33-35H,4-16H2,1-3H3;30-31H,3-14H2,1-2H3. The zero-order valence-corrected chi connectivity index (χ0v) is 49.6. The van der Waals surface area contributed by atoms with Gasteiger partial charge in [0.25, 0.3) is 0 Å². The second-order valence-corrected chi connectivity index (χ2v) is 19.2. The summed E-state index contributed by atoms with van der Waals surface area (Å²) in [5, 5.41) is 46.0. The third-order valence-electron chi connectivity index (χ3n) is 12.7. The van der Waals surface area contributed by atoms with E-state index in [0.29, 0.717) is 54.8 Å². The fraction of sp³-hybridized carbons (Fsp3) is 0.633. The van der Waals surface area contributed by atoms with E-state index in [1.165, 1.54) is 13.8 Å². The number of ether oxygens (including phenoxy) is 6. The van der Waals surface area contributed by atoms with Crippen molar-refractivity contribution in [1.82, 2.24) is 54.8 Å². The molecule has 0 atom stereocenters. The molecule has 0 fully saturated rings. The van der Waals surface area contributed by atoms with Gasteiger partial charge in [0.05, 0.1) is 132 Å². The number of aliphatic hydroxyl groups excluding tert-OH is 5. The molecule has 41 nitrogen and oxygen atoms in total. The lowest BCUT2D eigenvalue weighted by Gasteiger charge is -2.22. The topological polar surface area (TPSA) is 523 Å². The Bertz CT molecular complexity index is 3860. The van der Waals surface area contributed by atoms with E-state index in [9.17, 15) is 102 Å². The highest BCUT2D eigenvalue weighted by atomic mass is 16.6. The van der Waals surface area contributed by atoms with Gasteiger partial charge in [-0.05, 0) is 13.8 Å². The van der Waals surface area contributed by atoms with E-state index in [2.05, 4.69) is 14.2 Å². The largest absolute Gasteiger partial charge is 0.469 e. The van der Waals surface area contributed by atoms with Gasteiger partial charge in [0.1, 0.15) is 18.8 Å².